The van der Waals surface area contributed by atoms with Crippen LogP contribution in [-0.2, 0) is 0 Å². The van der Waals surface area contributed by atoms with Crippen LogP contribution in [-0.4, -0.2) is 25.8 Å². The van der Waals surface area contributed by atoms with Crippen LogP contribution < -0.4 is 9.47 Å². The van der Waals surface area contributed by atoms with E-state index in [0.717, 1.165) is 16.7 Å². The van der Waals surface area contributed by atoms with Crippen LogP contribution in [0.15, 0.2) is 103 Å². The lowest BCUT2D eigenvalue weighted by molar-refractivity contribution is 0.0944. The summed E-state index contributed by atoms with van der Waals surface area (Å²) in [6.07, 6.45) is 1.88. The minimum Gasteiger partial charge on any atom is -0.493 e. The van der Waals surface area contributed by atoms with Crippen molar-refractivity contribution in [2.45, 2.75) is 11.8 Å². The molecule has 0 heterocycles. The lowest BCUT2D eigenvalue weighted by Gasteiger charge is -2.34. The number of carbonyl (C=O) groups excluding carboxylic acids is 2. The van der Waals surface area contributed by atoms with Crippen molar-refractivity contribution in [3.05, 3.63) is 135 Å². The number of ether oxygens (including phenoxy) is 2. The second kappa shape index (κ2) is 10.5. The van der Waals surface area contributed by atoms with E-state index in [-0.39, 0.29) is 11.6 Å². The van der Waals surface area contributed by atoms with E-state index in [9.17, 15) is 9.59 Å². The standard InChI is InChI=1S/C32H25ClO4/c1-36-27-18-23-17-26(31(34)22-13-15-24(33)16-14-22)29(20-9-5-3-6-10-20)30(25(23)19-28(27)37-2)32(35)21-11-7-4-8-12-21/h3-19,29-30H,1-2H3/t29-,30-/m1/s1. The molecule has 0 saturated carbocycles. The maximum Gasteiger partial charge on any atom is 0.189 e. The molecular formula is C32H25ClO4. The smallest absolute Gasteiger partial charge is 0.189 e. The fraction of sp³-hybridized carbons (Fsp3) is 0.125. The largest absolute Gasteiger partial charge is 0.493 e. The Bertz CT molecular complexity index is 1470. The highest BCUT2D eigenvalue weighted by Gasteiger charge is 2.41. The predicted molar refractivity (Wildman–Crippen MR) is 146 cm³/mol. The van der Waals surface area contributed by atoms with Gasteiger partial charge in [-0.05, 0) is 59.2 Å². The molecule has 2 atom stereocenters. The second-order valence-corrected chi connectivity index (χ2v) is 9.30. The van der Waals surface area contributed by atoms with Crippen LogP contribution in [0.4, 0.5) is 0 Å². The highest BCUT2D eigenvalue weighted by molar-refractivity contribution is 6.30. The van der Waals surface area contributed by atoms with E-state index in [0.29, 0.717) is 33.2 Å². The van der Waals surface area contributed by atoms with Crippen molar-refractivity contribution in [2.24, 2.45) is 0 Å². The molecule has 0 saturated heterocycles. The Morgan fingerprint density at radius 1 is 0.730 bits per heavy atom. The number of ketones is 2. The van der Waals surface area contributed by atoms with E-state index in [1.54, 1.807) is 38.5 Å². The fourth-order valence-electron chi connectivity index (χ4n) is 5.00. The van der Waals surface area contributed by atoms with Crippen molar-refractivity contribution in [3.8, 4) is 11.5 Å². The van der Waals surface area contributed by atoms with Crippen LogP contribution in [0.25, 0.3) is 6.08 Å². The van der Waals surface area contributed by atoms with E-state index in [2.05, 4.69) is 0 Å². The Morgan fingerprint density at radius 2 is 1.32 bits per heavy atom. The number of fused-ring (bicyclic) bond motifs is 1. The van der Waals surface area contributed by atoms with Gasteiger partial charge in [0.2, 0.25) is 0 Å². The van der Waals surface area contributed by atoms with Gasteiger partial charge in [0.1, 0.15) is 0 Å². The maximum atomic E-state index is 14.2. The van der Waals surface area contributed by atoms with Gasteiger partial charge in [0, 0.05) is 27.6 Å². The molecule has 5 heteroatoms. The van der Waals surface area contributed by atoms with E-state index in [4.69, 9.17) is 21.1 Å². The number of hydrogen-bond donors (Lipinski definition) is 0. The number of Topliss-reactive ketones (excluding diaryl/α,β-unsaturated/α-hetero) is 2. The highest BCUT2D eigenvalue weighted by Crippen LogP contribution is 2.49. The van der Waals surface area contributed by atoms with Crippen molar-refractivity contribution in [1.82, 2.24) is 0 Å². The van der Waals surface area contributed by atoms with Gasteiger partial charge in [-0.1, -0.05) is 72.3 Å². The van der Waals surface area contributed by atoms with Gasteiger partial charge >= 0.3 is 0 Å². The third-order valence-corrected chi connectivity index (χ3v) is 7.02. The van der Waals surface area contributed by atoms with Crippen LogP contribution in [0, 0.1) is 0 Å². The lowest BCUT2D eigenvalue weighted by Crippen LogP contribution is -2.28. The van der Waals surface area contributed by atoms with Crippen molar-refractivity contribution in [2.75, 3.05) is 14.2 Å². The predicted octanol–water partition coefficient (Wildman–Crippen LogP) is 7.39. The summed E-state index contributed by atoms with van der Waals surface area (Å²) in [7, 11) is 3.14. The summed E-state index contributed by atoms with van der Waals surface area (Å²) in [5.41, 5.74) is 4.03. The van der Waals surface area contributed by atoms with Gasteiger partial charge in [-0.3, -0.25) is 9.59 Å². The Hall–Kier alpha value is -4.15. The van der Waals surface area contributed by atoms with Gasteiger partial charge in [0.15, 0.2) is 23.1 Å². The Balaban J connectivity index is 1.78. The molecular weight excluding hydrogens is 484 g/mol. The zero-order valence-corrected chi connectivity index (χ0v) is 21.2. The molecule has 0 N–H and O–H groups in total. The first-order chi connectivity index (χ1) is 18.0. The summed E-state index contributed by atoms with van der Waals surface area (Å²) in [6.45, 7) is 0. The number of benzene rings is 4. The minimum absolute atomic E-state index is 0.0718. The normalized spacial score (nSPS) is 16.4. The van der Waals surface area contributed by atoms with Crippen LogP contribution in [0.5, 0.6) is 11.5 Å². The molecule has 0 spiro atoms. The van der Waals surface area contributed by atoms with Crippen molar-refractivity contribution < 1.29 is 19.1 Å². The van der Waals surface area contributed by atoms with Crippen LogP contribution >= 0.6 is 11.6 Å². The lowest BCUT2D eigenvalue weighted by atomic mass is 9.67. The first-order valence-electron chi connectivity index (χ1n) is 11.9. The summed E-state index contributed by atoms with van der Waals surface area (Å²) in [4.78, 5) is 28.2. The molecule has 4 aromatic rings. The third-order valence-electron chi connectivity index (χ3n) is 6.77. The number of carbonyl (C=O) groups is 2. The summed E-state index contributed by atoms with van der Waals surface area (Å²) < 4.78 is 11.1. The molecule has 0 aliphatic heterocycles. The van der Waals surface area contributed by atoms with E-state index >= 15 is 0 Å². The molecule has 0 aromatic heterocycles. The maximum absolute atomic E-state index is 14.2. The Kier molecular flexibility index (Phi) is 6.93. The van der Waals surface area contributed by atoms with Gasteiger partial charge in [-0.25, -0.2) is 0 Å². The molecule has 184 valence electrons. The molecule has 4 nitrogen and oxygen atoms in total. The quantitative estimate of drug-likeness (QED) is 0.244. The number of allylic oxidation sites excluding steroid dienone is 1. The van der Waals surface area contributed by atoms with Crippen molar-refractivity contribution in [1.29, 1.82) is 0 Å². The van der Waals surface area contributed by atoms with Gasteiger partial charge in [0.25, 0.3) is 0 Å². The summed E-state index contributed by atoms with van der Waals surface area (Å²) in [6, 6.07) is 29.4. The molecule has 0 bridgehead atoms. The molecule has 5 rings (SSSR count). The van der Waals surface area contributed by atoms with Gasteiger partial charge in [-0.15, -0.1) is 0 Å². The first-order valence-corrected chi connectivity index (χ1v) is 12.3. The zero-order chi connectivity index (χ0) is 25.9. The molecule has 1 aliphatic rings. The van der Waals surface area contributed by atoms with E-state index in [1.807, 2.05) is 78.9 Å². The summed E-state index contributed by atoms with van der Waals surface area (Å²) >= 11 is 6.09. The SMILES string of the molecule is COc1cc2c(cc1OC)[C@@H](C(=O)c1ccccc1)[C@H](c1ccccc1)C(C(=O)c1ccc(Cl)cc1)=C2. The zero-order valence-electron chi connectivity index (χ0n) is 20.5. The topological polar surface area (TPSA) is 52.6 Å². The Labute approximate surface area is 221 Å². The van der Waals surface area contributed by atoms with Crippen LogP contribution in [0.1, 0.15) is 49.2 Å². The molecule has 37 heavy (non-hydrogen) atoms. The molecule has 0 radical (unpaired) electrons. The molecule has 0 fully saturated rings. The van der Waals surface area contributed by atoms with Gasteiger partial charge in [-0.2, -0.15) is 0 Å². The average molecular weight is 509 g/mol. The van der Waals surface area contributed by atoms with Crippen LogP contribution in [0.3, 0.4) is 0 Å². The summed E-state index contributed by atoms with van der Waals surface area (Å²) in [5, 5.41) is 0.549. The molecule has 0 unspecified atom stereocenters. The van der Waals surface area contributed by atoms with Gasteiger partial charge in [0.05, 0.1) is 20.1 Å². The number of halogens is 1. The van der Waals surface area contributed by atoms with Gasteiger partial charge < -0.3 is 9.47 Å². The first kappa shape index (κ1) is 24.5. The van der Waals surface area contributed by atoms with Crippen molar-refractivity contribution >= 4 is 29.2 Å². The third kappa shape index (κ3) is 4.68. The van der Waals surface area contributed by atoms with Crippen LogP contribution in [0.2, 0.25) is 5.02 Å². The average Bonchev–Trinajstić information content (AvgIpc) is 2.96. The van der Waals surface area contributed by atoms with E-state index in [1.165, 1.54) is 0 Å². The number of hydrogen-bond acceptors (Lipinski definition) is 4. The number of rotatable bonds is 7. The number of methoxy groups -OCH3 is 2. The molecule has 1 aliphatic carbocycles. The van der Waals surface area contributed by atoms with E-state index < -0.39 is 11.8 Å². The fourth-order valence-corrected chi connectivity index (χ4v) is 5.13. The Morgan fingerprint density at radius 3 is 1.95 bits per heavy atom. The highest BCUT2D eigenvalue weighted by atomic mass is 35.5. The molecule has 0 amide bonds. The second-order valence-electron chi connectivity index (χ2n) is 8.87. The molecule has 4 aromatic carbocycles. The minimum atomic E-state index is -0.657. The monoisotopic (exact) mass is 508 g/mol. The summed E-state index contributed by atoms with van der Waals surface area (Å²) in [5.74, 6) is -0.340. The van der Waals surface area contributed by atoms with Crippen molar-refractivity contribution in [3.63, 3.8) is 0 Å².